The van der Waals surface area contributed by atoms with Gasteiger partial charge in [-0.05, 0) is 54.8 Å². The van der Waals surface area contributed by atoms with Crippen LogP contribution in [0, 0.1) is 12.8 Å². The third-order valence-corrected chi connectivity index (χ3v) is 5.65. The number of carbonyl (C=O) groups excluding carboxylic acids is 1. The summed E-state index contributed by atoms with van der Waals surface area (Å²) in [6.45, 7) is 5.70. The van der Waals surface area contributed by atoms with Crippen LogP contribution in [0.5, 0.6) is 11.5 Å². The van der Waals surface area contributed by atoms with Gasteiger partial charge in [-0.15, -0.1) is 0 Å². The number of rotatable bonds is 9. The van der Waals surface area contributed by atoms with Crippen molar-refractivity contribution in [1.29, 1.82) is 0 Å². The van der Waals surface area contributed by atoms with Crippen LogP contribution in [-0.2, 0) is 14.8 Å². The summed E-state index contributed by atoms with van der Waals surface area (Å²) in [5.41, 5.74) is 1.12. The number of amides is 1. The number of methoxy groups -OCH3 is 1. The molecule has 158 valence electrons. The van der Waals surface area contributed by atoms with Gasteiger partial charge in [-0.3, -0.25) is 4.79 Å². The first-order chi connectivity index (χ1) is 13.6. The molecular formula is C20H25ClN2O5S. The van der Waals surface area contributed by atoms with Crippen LogP contribution < -0.4 is 19.5 Å². The minimum Gasteiger partial charge on any atom is -0.495 e. The molecule has 29 heavy (non-hydrogen) atoms. The van der Waals surface area contributed by atoms with Crippen LogP contribution >= 0.6 is 11.6 Å². The van der Waals surface area contributed by atoms with Gasteiger partial charge in [0.05, 0.1) is 17.0 Å². The van der Waals surface area contributed by atoms with Crippen LogP contribution in [0.25, 0.3) is 0 Å². The standard InChI is InChI=1S/C20H25ClN2O5S/c1-13(2)11-22-29(25,26)16-6-8-18(14(3)9-16)28-12-20(24)23-15-5-7-19(27-4)17(21)10-15/h5-10,13,22H,11-12H2,1-4H3,(H,23,24). The lowest BCUT2D eigenvalue weighted by atomic mass is 10.2. The molecule has 0 aliphatic heterocycles. The predicted octanol–water partition coefficient (Wildman–Crippen LogP) is 3.61. The first-order valence-corrected chi connectivity index (χ1v) is 10.8. The Kier molecular flexibility index (Phi) is 7.89. The molecule has 0 aliphatic carbocycles. The van der Waals surface area contributed by atoms with Crippen molar-refractivity contribution in [1.82, 2.24) is 4.72 Å². The highest BCUT2D eigenvalue weighted by Gasteiger charge is 2.16. The summed E-state index contributed by atoms with van der Waals surface area (Å²) >= 11 is 6.04. The molecule has 0 bridgehead atoms. The van der Waals surface area contributed by atoms with Gasteiger partial charge in [-0.1, -0.05) is 25.4 Å². The zero-order valence-corrected chi connectivity index (χ0v) is 18.4. The molecule has 2 rings (SSSR count). The number of ether oxygens (including phenoxy) is 2. The van der Waals surface area contributed by atoms with Crippen molar-refractivity contribution in [2.24, 2.45) is 5.92 Å². The number of hydrogen-bond donors (Lipinski definition) is 2. The summed E-state index contributed by atoms with van der Waals surface area (Å²) in [5, 5.41) is 3.06. The van der Waals surface area contributed by atoms with Gasteiger partial charge in [-0.2, -0.15) is 0 Å². The number of halogens is 1. The molecule has 1 amide bonds. The van der Waals surface area contributed by atoms with Crippen LogP contribution in [0.1, 0.15) is 19.4 Å². The molecule has 9 heteroatoms. The van der Waals surface area contributed by atoms with Crippen molar-refractivity contribution in [3.8, 4) is 11.5 Å². The number of hydrogen-bond acceptors (Lipinski definition) is 5. The zero-order valence-electron chi connectivity index (χ0n) is 16.8. The van der Waals surface area contributed by atoms with Crippen molar-refractivity contribution < 1.29 is 22.7 Å². The summed E-state index contributed by atoms with van der Waals surface area (Å²) in [7, 11) is -2.08. The Morgan fingerprint density at radius 3 is 2.41 bits per heavy atom. The third kappa shape index (κ3) is 6.62. The second-order valence-corrected chi connectivity index (χ2v) is 9.03. The van der Waals surface area contributed by atoms with Gasteiger partial charge in [-0.25, -0.2) is 13.1 Å². The Morgan fingerprint density at radius 2 is 1.83 bits per heavy atom. The van der Waals surface area contributed by atoms with Crippen LogP contribution in [0.2, 0.25) is 5.02 Å². The third-order valence-electron chi connectivity index (χ3n) is 3.93. The van der Waals surface area contributed by atoms with E-state index < -0.39 is 10.0 Å². The molecule has 2 aromatic rings. The molecule has 0 saturated heterocycles. The molecule has 0 radical (unpaired) electrons. The van der Waals surface area contributed by atoms with Gasteiger partial charge < -0.3 is 14.8 Å². The minimum absolute atomic E-state index is 0.153. The smallest absolute Gasteiger partial charge is 0.262 e. The molecule has 0 spiro atoms. The average molecular weight is 441 g/mol. The lowest BCUT2D eigenvalue weighted by Crippen LogP contribution is -2.27. The topological polar surface area (TPSA) is 93.7 Å². The fourth-order valence-corrected chi connectivity index (χ4v) is 3.95. The minimum atomic E-state index is -3.58. The Balaban J connectivity index is 1.98. The van der Waals surface area contributed by atoms with E-state index in [1.165, 1.54) is 25.3 Å². The van der Waals surface area contributed by atoms with E-state index in [4.69, 9.17) is 21.1 Å². The first kappa shape index (κ1) is 23.0. The Morgan fingerprint density at radius 1 is 1.14 bits per heavy atom. The van der Waals surface area contributed by atoms with Crippen molar-refractivity contribution in [2.75, 3.05) is 25.6 Å². The largest absolute Gasteiger partial charge is 0.495 e. The zero-order chi connectivity index (χ0) is 21.6. The van der Waals surface area contributed by atoms with Gasteiger partial charge in [0.25, 0.3) is 5.91 Å². The Hall–Kier alpha value is -2.29. The molecule has 2 N–H and O–H groups in total. The molecule has 2 aromatic carbocycles. The van der Waals surface area contributed by atoms with Crippen LogP contribution in [0.15, 0.2) is 41.3 Å². The average Bonchev–Trinajstić information content (AvgIpc) is 2.65. The van der Waals surface area contributed by atoms with Crippen molar-refractivity contribution >= 4 is 33.2 Å². The molecular weight excluding hydrogens is 416 g/mol. The van der Waals surface area contributed by atoms with Crippen molar-refractivity contribution in [2.45, 2.75) is 25.7 Å². The number of carbonyl (C=O) groups is 1. The molecule has 0 saturated carbocycles. The highest BCUT2D eigenvalue weighted by atomic mass is 35.5. The molecule has 0 heterocycles. The van der Waals surface area contributed by atoms with E-state index in [2.05, 4.69) is 10.0 Å². The molecule has 7 nitrogen and oxygen atoms in total. The van der Waals surface area contributed by atoms with Crippen molar-refractivity contribution in [3.63, 3.8) is 0 Å². The number of aryl methyl sites for hydroxylation is 1. The predicted molar refractivity (Wildman–Crippen MR) is 113 cm³/mol. The van der Waals surface area contributed by atoms with Gasteiger partial charge in [0.1, 0.15) is 11.5 Å². The second kappa shape index (κ2) is 9.96. The number of nitrogens with one attached hydrogen (secondary N) is 2. The van der Waals surface area contributed by atoms with E-state index in [0.29, 0.717) is 34.3 Å². The fraction of sp³-hybridized carbons (Fsp3) is 0.350. The number of sulfonamides is 1. The molecule has 0 aromatic heterocycles. The van der Waals surface area contributed by atoms with Gasteiger partial charge >= 0.3 is 0 Å². The summed E-state index contributed by atoms with van der Waals surface area (Å²) in [6.07, 6.45) is 0. The maximum Gasteiger partial charge on any atom is 0.262 e. The lowest BCUT2D eigenvalue weighted by molar-refractivity contribution is -0.118. The number of benzene rings is 2. The van der Waals surface area contributed by atoms with E-state index in [1.54, 1.807) is 25.1 Å². The number of anilines is 1. The quantitative estimate of drug-likeness (QED) is 0.621. The molecule has 0 aliphatic rings. The van der Waals surface area contributed by atoms with Crippen LogP contribution in [0.3, 0.4) is 0 Å². The van der Waals surface area contributed by atoms with E-state index in [1.807, 2.05) is 13.8 Å². The van der Waals surface area contributed by atoms with E-state index >= 15 is 0 Å². The summed E-state index contributed by atoms with van der Waals surface area (Å²) < 4.78 is 37.8. The van der Waals surface area contributed by atoms with Crippen LogP contribution in [0.4, 0.5) is 5.69 Å². The van der Waals surface area contributed by atoms with Gasteiger partial charge in [0, 0.05) is 12.2 Å². The monoisotopic (exact) mass is 440 g/mol. The van der Waals surface area contributed by atoms with Gasteiger partial charge in [0.2, 0.25) is 10.0 Å². The fourth-order valence-electron chi connectivity index (χ4n) is 2.40. The second-order valence-electron chi connectivity index (χ2n) is 6.86. The van der Waals surface area contributed by atoms with E-state index in [-0.39, 0.29) is 23.3 Å². The molecule has 0 fully saturated rings. The molecule has 0 atom stereocenters. The Bertz CT molecular complexity index is 977. The normalized spacial score (nSPS) is 11.4. The van der Waals surface area contributed by atoms with Crippen LogP contribution in [-0.4, -0.2) is 34.6 Å². The SMILES string of the molecule is COc1ccc(NC(=O)COc2ccc(S(=O)(=O)NCC(C)C)cc2C)cc1Cl. The summed E-state index contributed by atoms with van der Waals surface area (Å²) in [5.74, 6) is 0.763. The maximum atomic E-state index is 12.3. The first-order valence-electron chi connectivity index (χ1n) is 8.99. The van der Waals surface area contributed by atoms with Gasteiger partial charge in [0.15, 0.2) is 6.61 Å². The van der Waals surface area contributed by atoms with E-state index in [0.717, 1.165) is 0 Å². The highest BCUT2D eigenvalue weighted by molar-refractivity contribution is 7.89. The molecule has 0 unspecified atom stereocenters. The Labute approximate surface area is 176 Å². The summed E-state index contributed by atoms with van der Waals surface area (Å²) in [6, 6.07) is 9.39. The summed E-state index contributed by atoms with van der Waals surface area (Å²) in [4.78, 5) is 12.3. The van der Waals surface area contributed by atoms with E-state index in [9.17, 15) is 13.2 Å². The van der Waals surface area contributed by atoms with Crippen molar-refractivity contribution in [3.05, 3.63) is 47.0 Å². The maximum absolute atomic E-state index is 12.3. The lowest BCUT2D eigenvalue weighted by Gasteiger charge is -2.13. The highest BCUT2D eigenvalue weighted by Crippen LogP contribution is 2.27.